The Kier molecular flexibility index (Phi) is 6.77. The number of nitrogens with zero attached hydrogens (tertiary/aromatic N) is 1. The number of hydrogen-bond donors (Lipinski definition) is 2. The van der Waals surface area contributed by atoms with Crippen LogP contribution in [0.15, 0.2) is 60.7 Å². The van der Waals surface area contributed by atoms with Crippen molar-refractivity contribution in [2.24, 2.45) is 0 Å². The highest BCUT2D eigenvalue weighted by Crippen LogP contribution is 2.29. The van der Waals surface area contributed by atoms with Gasteiger partial charge >= 0.3 is 0 Å². The first-order valence-corrected chi connectivity index (χ1v) is 9.69. The maximum Gasteiger partial charge on any atom is 0.258 e. The molecule has 3 aromatic rings. The molecule has 6 nitrogen and oxygen atoms in total. The third-order valence-corrected chi connectivity index (χ3v) is 4.74. The summed E-state index contributed by atoms with van der Waals surface area (Å²) >= 11 is 5.74. The van der Waals surface area contributed by atoms with E-state index in [0.29, 0.717) is 17.0 Å². The Morgan fingerprint density at radius 3 is 2.42 bits per heavy atom. The molecule has 0 spiro atoms. The van der Waals surface area contributed by atoms with Gasteiger partial charge in [-0.1, -0.05) is 17.7 Å². The molecule has 0 atom stereocenters. The van der Waals surface area contributed by atoms with E-state index < -0.39 is 11.7 Å². The van der Waals surface area contributed by atoms with Gasteiger partial charge in [0.15, 0.2) is 0 Å². The number of rotatable bonds is 6. The highest BCUT2D eigenvalue weighted by Gasteiger charge is 2.16. The first-order chi connectivity index (χ1) is 14.8. The van der Waals surface area contributed by atoms with E-state index in [2.05, 4.69) is 10.6 Å². The summed E-state index contributed by atoms with van der Waals surface area (Å²) in [7, 11) is 5.22. The molecule has 2 N–H and O–H groups in total. The molecule has 0 fully saturated rings. The molecule has 0 heterocycles. The van der Waals surface area contributed by atoms with E-state index in [-0.39, 0.29) is 22.2 Å². The molecule has 0 aliphatic carbocycles. The van der Waals surface area contributed by atoms with Crippen molar-refractivity contribution in [2.75, 3.05) is 36.7 Å². The second-order valence-electron chi connectivity index (χ2n) is 6.89. The molecule has 0 aliphatic heterocycles. The minimum Gasteiger partial charge on any atom is -0.495 e. The van der Waals surface area contributed by atoms with Crippen molar-refractivity contribution in [1.29, 1.82) is 0 Å². The van der Waals surface area contributed by atoms with Crippen molar-refractivity contribution in [3.8, 4) is 5.75 Å². The zero-order chi connectivity index (χ0) is 22.5. The van der Waals surface area contributed by atoms with E-state index in [4.69, 9.17) is 16.3 Å². The summed E-state index contributed by atoms with van der Waals surface area (Å²) in [5.74, 6) is -1.37. The Bertz CT molecular complexity index is 1130. The van der Waals surface area contributed by atoms with Crippen LogP contribution in [-0.2, 0) is 0 Å². The number of nitrogens with one attached hydrogen (secondary N) is 2. The van der Waals surface area contributed by atoms with Crippen LogP contribution in [0.3, 0.4) is 0 Å². The average molecular weight is 442 g/mol. The highest BCUT2D eigenvalue weighted by molar-refractivity contribution is 6.30. The third kappa shape index (κ3) is 5.32. The Morgan fingerprint density at radius 2 is 1.74 bits per heavy atom. The van der Waals surface area contributed by atoms with Crippen LogP contribution in [0.1, 0.15) is 20.7 Å². The van der Waals surface area contributed by atoms with Gasteiger partial charge in [0.25, 0.3) is 11.8 Å². The van der Waals surface area contributed by atoms with Crippen molar-refractivity contribution in [1.82, 2.24) is 0 Å². The minimum absolute atomic E-state index is 0.165. The molecule has 0 saturated heterocycles. The van der Waals surface area contributed by atoms with Crippen molar-refractivity contribution >= 4 is 40.5 Å². The van der Waals surface area contributed by atoms with Crippen LogP contribution in [0, 0.1) is 5.82 Å². The second-order valence-corrected chi connectivity index (χ2v) is 7.33. The largest absolute Gasteiger partial charge is 0.495 e. The van der Waals surface area contributed by atoms with E-state index in [1.807, 2.05) is 25.1 Å². The molecule has 0 aliphatic rings. The van der Waals surface area contributed by atoms with Gasteiger partial charge in [-0.3, -0.25) is 9.59 Å². The van der Waals surface area contributed by atoms with Crippen LogP contribution in [0.2, 0.25) is 5.02 Å². The quantitative estimate of drug-likeness (QED) is 0.561. The minimum atomic E-state index is -0.741. The summed E-state index contributed by atoms with van der Waals surface area (Å²) in [6, 6.07) is 15.7. The van der Waals surface area contributed by atoms with E-state index >= 15 is 0 Å². The lowest BCUT2D eigenvalue weighted by molar-refractivity contribution is 0.101. The van der Waals surface area contributed by atoms with Crippen LogP contribution in [0.5, 0.6) is 5.75 Å². The van der Waals surface area contributed by atoms with E-state index in [1.54, 1.807) is 30.3 Å². The zero-order valence-electron chi connectivity index (χ0n) is 17.2. The van der Waals surface area contributed by atoms with E-state index in [1.165, 1.54) is 25.3 Å². The number of hydrogen-bond acceptors (Lipinski definition) is 4. The predicted octanol–water partition coefficient (Wildman–Crippen LogP) is 5.06. The van der Waals surface area contributed by atoms with Crippen LogP contribution < -0.4 is 20.3 Å². The zero-order valence-corrected chi connectivity index (χ0v) is 18.0. The Balaban J connectivity index is 1.82. The lowest BCUT2D eigenvalue weighted by Gasteiger charge is -2.15. The number of halogens is 2. The monoisotopic (exact) mass is 441 g/mol. The van der Waals surface area contributed by atoms with Crippen LogP contribution >= 0.6 is 11.6 Å². The summed E-state index contributed by atoms with van der Waals surface area (Å²) in [5.41, 5.74) is 1.92. The number of carbonyl (C=O) groups is 2. The number of methoxy groups -OCH3 is 1. The van der Waals surface area contributed by atoms with E-state index in [0.717, 1.165) is 11.8 Å². The Morgan fingerprint density at radius 1 is 0.968 bits per heavy atom. The second kappa shape index (κ2) is 9.49. The maximum absolute atomic E-state index is 14.1. The van der Waals surface area contributed by atoms with Crippen molar-refractivity contribution in [3.63, 3.8) is 0 Å². The number of anilines is 3. The number of carbonyl (C=O) groups excluding carboxylic acids is 2. The summed E-state index contributed by atoms with van der Waals surface area (Å²) in [4.78, 5) is 27.1. The van der Waals surface area contributed by atoms with Gasteiger partial charge in [-0.05, 0) is 54.6 Å². The molecule has 8 heteroatoms. The first kappa shape index (κ1) is 22.1. The molecule has 0 radical (unpaired) electrons. The first-order valence-electron chi connectivity index (χ1n) is 9.31. The van der Waals surface area contributed by atoms with Crippen LogP contribution in [0.25, 0.3) is 0 Å². The molecule has 0 bridgehead atoms. The van der Waals surface area contributed by atoms with Gasteiger partial charge < -0.3 is 20.3 Å². The normalized spacial score (nSPS) is 10.4. The van der Waals surface area contributed by atoms with Crippen molar-refractivity contribution < 1.29 is 18.7 Å². The molecule has 3 aromatic carbocycles. The summed E-state index contributed by atoms with van der Waals surface area (Å²) in [6.07, 6.45) is 0. The fourth-order valence-electron chi connectivity index (χ4n) is 2.88. The van der Waals surface area contributed by atoms with Gasteiger partial charge in [-0.2, -0.15) is 0 Å². The summed E-state index contributed by atoms with van der Waals surface area (Å²) < 4.78 is 19.3. The van der Waals surface area contributed by atoms with Crippen LogP contribution in [-0.4, -0.2) is 33.0 Å². The Labute approximate surface area is 184 Å². The van der Waals surface area contributed by atoms with Crippen molar-refractivity contribution in [2.45, 2.75) is 0 Å². The Hall–Kier alpha value is -3.58. The molecule has 31 heavy (non-hydrogen) atoms. The molecular weight excluding hydrogens is 421 g/mol. The summed E-state index contributed by atoms with van der Waals surface area (Å²) in [5, 5.41) is 5.59. The SMILES string of the molecule is COc1ccc(NC(=O)c2cccc(N(C)C)c2)cc1NC(=O)c1ccc(Cl)cc1F. The molecule has 3 rings (SSSR count). The molecule has 0 unspecified atom stereocenters. The number of ether oxygens (including phenoxy) is 1. The van der Waals surface area contributed by atoms with Gasteiger partial charge in [0.1, 0.15) is 11.6 Å². The number of amides is 2. The van der Waals surface area contributed by atoms with Gasteiger partial charge in [-0.25, -0.2) is 4.39 Å². The van der Waals surface area contributed by atoms with Gasteiger partial charge in [-0.15, -0.1) is 0 Å². The molecular formula is C23H21ClFN3O3. The van der Waals surface area contributed by atoms with E-state index in [9.17, 15) is 14.0 Å². The maximum atomic E-state index is 14.1. The molecule has 0 saturated carbocycles. The van der Waals surface area contributed by atoms with Crippen LogP contribution in [0.4, 0.5) is 21.5 Å². The molecule has 0 aromatic heterocycles. The smallest absolute Gasteiger partial charge is 0.258 e. The average Bonchev–Trinajstić information content (AvgIpc) is 2.74. The van der Waals surface area contributed by atoms with Gasteiger partial charge in [0.05, 0.1) is 18.4 Å². The summed E-state index contributed by atoms with van der Waals surface area (Å²) in [6.45, 7) is 0. The molecule has 160 valence electrons. The molecule has 2 amide bonds. The lowest BCUT2D eigenvalue weighted by atomic mass is 10.1. The fourth-order valence-corrected chi connectivity index (χ4v) is 3.03. The lowest BCUT2D eigenvalue weighted by Crippen LogP contribution is -2.16. The number of benzene rings is 3. The highest BCUT2D eigenvalue weighted by atomic mass is 35.5. The topological polar surface area (TPSA) is 70.7 Å². The predicted molar refractivity (Wildman–Crippen MR) is 121 cm³/mol. The van der Waals surface area contributed by atoms with Crippen molar-refractivity contribution in [3.05, 3.63) is 82.6 Å². The van der Waals surface area contributed by atoms with Gasteiger partial charge in [0.2, 0.25) is 0 Å². The standard InChI is InChI=1S/C23H21ClFN3O3/c1-28(2)17-6-4-5-14(11-17)22(29)26-16-8-10-21(31-3)20(13-16)27-23(30)18-9-7-15(24)12-19(18)25/h4-13H,1-3H3,(H,26,29)(H,27,30). The van der Waals surface area contributed by atoms with Gasteiger partial charge in [0, 0.05) is 36.1 Å². The third-order valence-electron chi connectivity index (χ3n) is 4.51. The fraction of sp³-hybridized carbons (Fsp3) is 0.130.